The van der Waals surface area contributed by atoms with Crippen LogP contribution in [0.25, 0.3) is 11.3 Å². The second-order valence-electron chi connectivity index (χ2n) is 7.40. The smallest absolute Gasteiger partial charge is 0.416 e. The number of benzene rings is 2. The number of ether oxygens (including phenoxy) is 2. The van der Waals surface area contributed by atoms with Gasteiger partial charge in [-0.05, 0) is 61.9 Å². The third-order valence-electron chi connectivity index (χ3n) is 4.86. The molecule has 0 radical (unpaired) electrons. The lowest BCUT2D eigenvalue weighted by molar-refractivity contribution is -0.139. The summed E-state index contributed by atoms with van der Waals surface area (Å²) < 4.78 is 49.6. The van der Waals surface area contributed by atoms with Gasteiger partial charge >= 0.3 is 12.1 Å². The Bertz CT molecular complexity index is 1120. The summed E-state index contributed by atoms with van der Waals surface area (Å²) in [6, 6.07) is 15.8. The molecule has 1 unspecified atom stereocenters. The number of carboxylic acid groups (broad SMARTS) is 1. The van der Waals surface area contributed by atoms with Crippen molar-refractivity contribution in [3.05, 3.63) is 77.5 Å². The van der Waals surface area contributed by atoms with E-state index in [2.05, 4.69) is 0 Å². The van der Waals surface area contributed by atoms with E-state index in [-0.39, 0.29) is 5.25 Å². The molecule has 1 heterocycles. The topological polar surface area (TPSA) is 68.7 Å². The molecule has 0 aliphatic heterocycles. The maximum Gasteiger partial charge on any atom is 0.416 e. The number of carbonyl (C=O) groups is 1. The quantitative estimate of drug-likeness (QED) is 0.331. The van der Waals surface area contributed by atoms with E-state index in [4.69, 9.17) is 19.6 Å². The molecule has 0 bridgehead atoms. The highest BCUT2D eigenvalue weighted by Crippen LogP contribution is 2.37. The van der Waals surface area contributed by atoms with Crippen LogP contribution in [-0.4, -0.2) is 35.9 Å². The summed E-state index contributed by atoms with van der Waals surface area (Å²) in [5, 5.41) is 8.63. The summed E-state index contributed by atoms with van der Waals surface area (Å²) in [5.74, 6) is -0.552. The van der Waals surface area contributed by atoms with Gasteiger partial charge < -0.3 is 14.6 Å². The van der Waals surface area contributed by atoms with E-state index in [9.17, 15) is 18.0 Å². The Hall–Kier alpha value is -3.04. The monoisotopic (exact) mass is 491 g/mol. The minimum Gasteiger partial charge on any atom is -0.482 e. The van der Waals surface area contributed by atoms with Crippen LogP contribution in [0.3, 0.4) is 0 Å². The Balaban J connectivity index is 1.83. The standard InChI is InChI=1S/C25H24F3NO4S/c1-3-32-14-23(34-19-11-12-22(16(2)13-19)33-15-24(30)31)21-6-4-5-20(29-21)17-7-9-18(10-8-17)25(26,27)28/h4-13,23H,3,14-15H2,1-2H3,(H,30,31). The number of halogens is 3. The lowest BCUT2D eigenvalue weighted by Gasteiger charge is -2.18. The van der Waals surface area contributed by atoms with Crippen molar-refractivity contribution in [3.63, 3.8) is 0 Å². The Morgan fingerprint density at radius 3 is 2.47 bits per heavy atom. The number of aliphatic carboxylic acids is 1. The number of thioether (sulfide) groups is 1. The molecule has 1 N–H and O–H groups in total. The van der Waals surface area contributed by atoms with E-state index < -0.39 is 24.3 Å². The first kappa shape index (κ1) is 25.6. The van der Waals surface area contributed by atoms with Gasteiger partial charge in [-0.2, -0.15) is 13.2 Å². The first-order valence-electron chi connectivity index (χ1n) is 10.5. The second kappa shape index (κ2) is 11.4. The molecule has 3 rings (SSSR count). The number of hydrogen-bond donors (Lipinski definition) is 1. The average molecular weight is 492 g/mol. The molecule has 0 fully saturated rings. The van der Waals surface area contributed by atoms with Crippen LogP contribution in [-0.2, 0) is 15.7 Å². The minimum atomic E-state index is -4.39. The lowest BCUT2D eigenvalue weighted by atomic mass is 10.1. The van der Waals surface area contributed by atoms with Gasteiger partial charge in [0.2, 0.25) is 0 Å². The predicted octanol–water partition coefficient (Wildman–Crippen LogP) is 6.41. The largest absolute Gasteiger partial charge is 0.482 e. The Labute approximate surface area is 199 Å². The third kappa shape index (κ3) is 6.98. The first-order valence-corrected chi connectivity index (χ1v) is 11.4. The average Bonchev–Trinajstić information content (AvgIpc) is 2.80. The van der Waals surface area contributed by atoms with Gasteiger partial charge in [-0.1, -0.05) is 18.2 Å². The number of alkyl halides is 3. The first-order chi connectivity index (χ1) is 16.2. The van der Waals surface area contributed by atoms with Gasteiger partial charge in [0.25, 0.3) is 0 Å². The maximum atomic E-state index is 12.9. The highest BCUT2D eigenvalue weighted by molar-refractivity contribution is 7.99. The summed E-state index contributed by atoms with van der Waals surface area (Å²) in [5.41, 5.74) is 1.99. The van der Waals surface area contributed by atoms with Gasteiger partial charge in [-0.15, -0.1) is 11.8 Å². The van der Waals surface area contributed by atoms with Gasteiger partial charge in [-0.25, -0.2) is 4.79 Å². The molecular formula is C25H24F3NO4S. The molecule has 9 heteroatoms. The molecule has 3 aromatic rings. The number of carboxylic acids is 1. The minimum absolute atomic E-state index is 0.167. The molecule has 0 aliphatic carbocycles. The zero-order valence-corrected chi connectivity index (χ0v) is 19.4. The number of hydrogen-bond acceptors (Lipinski definition) is 5. The molecule has 0 aliphatic rings. The summed E-state index contributed by atoms with van der Waals surface area (Å²) in [4.78, 5) is 16.4. The van der Waals surface area contributed by atoms with Crippen molar-refractivity contribution in [3.8, 4) is 17.0 Å². The SMILES string of the molecule is CCOCC(Sc1ccc(OCC(=O)O)c(C)c1)c1cccc(-c2ccc(C(F)(F)F)cc2)n1. The summed E-state index contributed by atoms with van der Waals surface area (Å²) in [6.07, 6.45) is -4.39. The van der Waals surface area contributed by atoms with E-state index in [1.165, 1.54) is 23.9 Å². The molecule has 5 nitrogen and oxygen atoms in total. The highest BCUT2D eigenvalue weighted by atomic mass is 32.2. The molecule has 1 aromatic heterocycles. The summed E-state index contributed by atoms with van der Waals surface area (Å²) in [7, 11) is 0. The van der Waals surface area contributed by atoms with Gasteiger partial charge in [0, 0.05) is 17.1 Å². The van der Waals surface area contributed by atoms with Crippen molar-refractivity contribution in [2.24, 2.45) is 0 Å². The molecule has 34 heavy (non-hydrogen) atoms. The fourth-order valence-electron chi connectivity index (χ4n) is 3.19. The van der Waals surface area contributed by atoms with E-state index in [1.54, 1.807) is 12.1 Å². The van der Waals surface area contributed by atoms with Gasteiger partial charge in [0.05, 0.1) is 28.8 Å². The lowest BCUT2D eigenvalue weighted by Crippen LogP contribution is -2.10. The molecule has 1 atom stereocenters. The van der Waals surface area contributed by atoms with E-state index >= 15 is 0 Å². The van der Waals surface area contributed by atoms with Crippen LogP contribution in [0.15, 0.2) is 65.6 Å². The number of pyridine rings is 1. The molecule has 0 amide bonds. The maximum absolute atomic E-state index is 12.9. The molecular weight excluding hydrogens is 467 g/mol. The normalized spacial score (nSPS) is 12.4. The summed E-state index contributed by atoms with van der Waals surface area (Å²) in [6.45, 7) is 4.23. The molecule has 0 saturated heterocycles. The van der Waals surface area contributed by atoms with Crippen LogP contribution >= 0.6 is 11.8 Å². The number of aromatic nitrogens is 1. The zero-order valence-electron chi connectivity index (χ0n) is 18.6. The number of aryl methyl sites for hydroxylation is 1. The van der Waals surface area contributed by atoms with Crippen molar-refractivity contribution in [2.45, 2.75) is 30.2 Å². The Morgan fingerprint density at radius 1 is 1.12 bits per heavy atom. The number of rotatable bonds is 10. The Kier molecular flexibility index (Phi) is 8.57. The van der Waals surface area contributed by atoms with E-state index in [0.717, 1.165) is 28.3 Å². The van der Waals surface area contributed by atoms with Crippen molar-refractivity contribution in [1.29, 1.82) is 0 Å². The number of nitrogens with zero attached hydrogens (tertiary/aromatic N) is 1. The van der Waals surface area contributed by atoms with Crippen molar-refractivity contribution < 1.29 is 32.5 Å². The van der Waals surface area contributed by atoms with Crippen LogP contribution in [0.5, 0.6) is 5.75 Å². The predicted molar refractivity (Wildman–Crippen MR) is 124 cm³/mol. The van der Waals surface area contributed by atoms with Crippen LogP contribution in [0.4, 0.5) is 13.2 Å². The van der Waals surface area contributed by atoms with Crippen LogP contribution in [0.1, 0.15) is 29.0 Å². The highest BCUT2D eigenvalue weighted by Gasteiger charge is 2.30. The molecule has 2 aromatic carbocycles. The van der Waals surface area contributed by atoms with Crippen LogP contribution < -0.4 is 4.74 Å². The van der Waals surface area contributed by atoms with Crippen molar-refractivity contribution >= 4 is 17.7 Å². The van der Waals surface area contributed by atoms with Crippen molar-refractivity contribution in [1.82, 2.24) is 4.98 Å². The molecule has 0 saturated carbocycles. The summed E-state index contributed by atoms with van der Waals surface area (Å²) >= 11 is 1.53. The van der Waals surface area contributed by atoms with E-state index in [1.807, 2.05) is 38.1 Å². The second-order valence-corrected chi connectivity index (χ2v) is 8.67. The van der Waals surface area contributed by atoms with Gasteiger partial charge in [0.1, 0.15) is 5.75 Å². The van der Waals surface area contributed by atoms with Crippen molar-refractivity contribution in [2.75, 3.05) is 19.8 Å². The third-order valence-corrected chi connectivity index (χ3v) is 6.05. The Morgan fingerprint density at radius 2 is 1.85 bits per heavy atom. The fourth-order valence-corrected chi connectivity index (χ4v) is 4.32. The van der Waals surface area contributed by atoms with Crippen LogP contribution in [0.2, 0.25) is 0 Å². The van der Waals surface area contributed by atoms with Gasteiger partial charge in [0.15, 0.2) is 6.61 Å². The fraction of sp³-hybridized carbons (Fsp3) is 0.280. The van der Waals surface area contributed by atoms with Crippen LogP contribution in [0, 0.1) is 6.92 Å². The molecule has 0 spiro atoms. The zero-order chi connectivity index (χ0) is 24.7. The molecule has 180 valence electrons. The van der Waals surface area contributed by atoms with E-state index in [0.29, 0.717) is 30.2 Å². The van der Waals surface area contributed by atoms with Gasteiger partial charge in [-0.3, -0.25) is 4.98 Å².